The molecule has 1 aromatic carbocycles. The molecular weight excluding hydrogens is 212 g/mol. The average molecular weight is 221 g/mol. The van der Waals surface area contributed by atoms with Crippen LogP contribution in [0.1, 0.15) is 0 Å². The first-order valence-corrected chi connectivity index (χ1v) is 4.77. The minimum Gasteiger partial charge on any atom is -0.454 e. The molecule has 0 saturated heterocycles. The third-order valence-electron chi connectivity index (χ3n) is 1.82. The molecule has 0 radical (unpaired) electrons. The summed E-state index contributed by atoms with van der Waals surface area (Å²) < 4.78 is 5.51. The van der Waals surface area contributed by atoms with Crippen molar-refractivity contribution >= 4 is 17.4 Å². The van der Waals surface area contributed by atoms with E-state index in [1.165, 1.54) is 0 Å². The third-order valence-corrected chi connectivity index (χ3v) is 2.14. The van der Waals surface area contributed by atoms with Gasteiger partial charge in [0, 0.05) is 0 Å². The van der Waals surface area contributed by atoms with Gasteiger partial charge in [-0.15, -0.1) is 0 Å². The van der Waals surface area contributed by atoms with Crippen molar-refractivity contribution in [1.29, 1.82) is 0 Å². The van der Waals surface area contributed by atoms with Gasteiger partial charge < -0.3 is 10.5 Å². The van der Waals surface area contributed by atoms with Crippen molar-refractivity contribution < 1.29 is 4.74 Å². The molecule has 0 fully saturated rings. The topological polar surface area (TPSA) is 48.1 Å². The van der Waals surface area contributed by atoms with Gasteiger partial charge in [0.05, 0.1) is 11.2 Å². The summed E-state index contributed by atoms with van der Waals surface area (Å²) in [6, 6.07) is 10.7. The predicted octanol–water partition coefficient (Wildman–Crippen LogP) is 3.11. The summed E-state index contributed by atoms with van der Waals surface area (Å²) in [5.41, 5.74) is 5.46. The lowest BCUT2D eigenvalue weighted by Crippen LogP contribution is -1.90. The first-order chi connectivity index (χ1) is 7.25. The number of halogens is 1. The fourth-order valence-electron chi connectivity index (χ4n) is 1.11. The van der Waals surface area contributed by atoms with Crippen LogP contribution in [0.2, 0.25) is 5.02 Å². The van der Waals surface area contributed by atoms with Gasteiger partial charge in [0.2, 0.25) is 0 Å². The summed E-state index contributed by atoms with van der Waals surface area (Å²) in [5.74, 6) is 1.67. The van der Waals surface area contributed by atoms with Gasteiger partial charge in [-0.2, -0.15) is 0 Å². The lowest BCUT2D eigenvalue weighted by Gasteiger charge is -2.06. The van der Waals surface area contributed by atoms with Crippen LogP contribution in [0.15, 0.2) is 42.6 Å². The summed E-state index contributed by atoms with van der Waals surface area (Å²) in [4.78, 5) is 3.91. The summed E-state index contributed by atoms with van der Waals surface area (Å²) in [7, 11) is 0. The van der Waals surface area contributed by atoms with E-state index in [0.29, 0.717) is 22.3 Å². The first-order valence-electron chi connectivity index (χ1n) is 4.39. The van der Waals surface area contributed by atoms with Crippen molar-refractivity contribution in [3.8, 4) is 11.5 Å². The van der Waals surface area contributed by atoms with Crippen molar-refractivity contribution in [3.63, 3.8) is 0 Å². The van der Waals surface area contributed by atoms with Gasteiger partial charge in [-0.05, 0) is 24.3 Å². The van der Waals surface area contributed by atoms with E-state index in [9.17, 15) is 0 Å². The molecule has 0 bridgehead atoms. The zero-order valence-corrected chi connectivity index (χ0v) is 8.61. The Balaban J connectivity index is 2.22. The Bertz CT molecular complexity index is 456. The van der Waals surface area contributed by atoms with E-state index in [2.05, 4.69) is 4.98 Å². The summed E-state index contributed by atoms with van der Waals surface area (Å²) >= 11 is 5.94. The maximum Gasteiger partial charge on any atom is 0.146 e. The highest BCUT2D eigenvalue weighted by Crippen LogP contribution is 2.28. The summed E-state index contributed by atoms with van der Waals surface area (Å²) in [5, 5.41) is 0.564. The van der Waals surface area contributed by atoms with Crippen molar-refractivity contribution in [1.82, 2.24) is 4.98 Å². The Labute approximate surface area is 92.5 Å². The lowest BCUT2D eigenvalue weighted by atomic mass is 10.3. The number of ether oxygens (including phenoxy) is 1. The Morgan fingerprint density at radius 3 is 2.60 bits per heavy atom. The molecule has 76 valence electrons. The molecule has 1 heterocycles. The van der Waals surface area contributed by atoms with E-state index >= 15 is 0 Å². The van der Waals surface area contributed by atoms with E-state index < -0.39 is 0 Å². The van der Waals surface area contributed by atoms with Gasteiger partial charge in [0.25, 0.3) is 0 Å². The van der Waals surface area contributed by atoms with Crippen molar-refractivity contribution in [2.75, 3.05) is 5.73 Å². The highest BCUT2D eigenvalue weighted by atomic mass is 35.5. The van der Waals surface area contributed by atoms with Crippen LogP contribution >= 0.6 is 11.6 Å². The van der Waals surface area contributed by atoms with Crippen molar-refractivity contribution in [3.05, 3.63) is 47.6 Å². The second-order valence-electron chi connectivity index (χ2n) is 2.95. The molecule has 3 nitrogen and oxygen atoms in total. The molecule has 2 rings (SSSR count). The van der Waals surface area contributed by atoms with Gasteiger partial charge in [-0.3, -0.25) is 0 Å². The van der Waals surface area contributed by atoms with E-state index in [-0.39, 0.29) is 0 Å². The quantitative estimate of drug-likeness (QED) is 0.846. The maximum absolute atomic E-state index is 5.94. The highest BCUT2D eigenvalue weighted by Gasteiger charge is 2.01. The predicted molar refractivity (Wildman–Crippen MR) is 60.2 cm³/mol. The molecule has 1 aromatic heterocycles. The van der Waals surface area contributed by atoms with E-state index in [1.807, 2.05) is 12.1 Å². The van der Waals surface area contributed by atoms with Crippen LogP contribution in [-0.2, 0) is 0 Å². The summed E-state index contributed by atoms with van der Waals surface area (Å²) in [6.07, 6.45) is 1.55. The summed E-state index contributed by atoms with van der Waals surface area (Å²) in [6.45, 7) is 0. The van der Waals surface area contributed by atoms with Gasteiger partial charge in [0.15, 0.2) is 0 Å². The molecule has 0 aliphatic rings. The SMILES string of the molecule is Nc1ccc(Oc2ccccc2Cl)cn1. The van der Waals surface area contributed by atoms with Crippen LogP contribution in [0.3, 0.4) is 0 Å². The number of aromatic nitrogens is 1. The van der Waals surface area contributed by atoms with Crippen molar-refractivity contribution in [2.45, 2.75) is 0 Å². The number of hydrogen-bond donors (Lipinski definition) is 1. The molecule has 0 spiro atoms. The van der Waals surface area contributed by atoms with Crippen molar-refractivity contribution in [2.24, 2.45) is 0 Å². The van der Waals surface area contributed by atoms with Gasteiger partial charge in [-0.25, -0.2) is 4.98 Å². The van der Waals surface area contributed by atoms with Crippen LogP contribution in [-0.4, -0.2) is 4.98 Å². The molecule has 0 aliphatic carbocycles. The first kappa shape index (κ1) is 9.80. The molecule has 0 aliphatic heterocycles. The second-order valence-corrected chi connectivity index (χ2v) is 3.36. The van der Waals surface area contributed by atoms with E-state index in [1.54, 1.807) is 30.5 Å². The monoisotopic (exact) mass is 220 g/mol. The molecule has 15 heavy (non-hydrogen) atoms. The Hall–Kier alpha value is -1.74. The lowest BCUT2D eigenvalue weighted by molar-refractivity contribution is 0.481. The average Bonchev–Trinajstić information content (AvgIpc) is 2.25. The van der Waals surface area contributed by atoms with Gasteiger partial charge in [0.1, 0.15) is 17.3 Å². The number of nitrogens with zero attached hydrogens (tertiary/aromatic N) is 1. The van der Waals surface area contributed by atoms with Crippen LogP contribution in [0.25, 0.3) is 0 Å². The van der Waals surface area contributed by atoms with E-state index in [4.69, 9.17) is 22.1 Å². The number of nitrogens with two attached hydrogens (primary N) is 1. The minimum atomic E-state index is 0.460. The van der Waals surface area contributed by atoms with Crippen LogP contribution < -0.4 is 10.5 Å². The second kappa shape index (κ2) is 4.19. The van der Waals surface area contributed by atoms with Gasteiger partial charge in [-0.1, -0.05) is 23.7 Å². The maximum atomic E-state index is 5.94. The number of nitrogen functional groups attached to an aromatic ring is 1. The van der Waals surface area contributed by atoms with Gasteiger partial charge >= 0.3 is 0 Å². The Kier molecular flexibility index (Phi) is 2.74. The molecule has 2 aromatic rings. The number of benzene rings is 1. The number of pyridine rings is 1. The van der Waals surface area contributed by atoms with E-state index in [0.717, 1.165) is 0 Å². The third kappa shape index (κ3) is 2.39. The smallest absolute Gasteiger partial charge is 0.146 e. The fourth-order valence-corrected chi connectivity index (χ4v) is 1.28. The van der Waals surface area contributed by atoms with Crippen LogP contribution in [0.5, 0.6) is 11.5 Å². The number of hydrogen-bond acceptors (Lipinski definition) is 3. The number of para-hydroxylation sites is 1. The molecular formula is C11H9ClN2O. The fraction of sp³-hybridized carbons (Fsp3) is 0. The molecule has 0 amide bonds. The highest BCUT2D eigenvalue weighted by molar-refractivity contribution is 6.32. The Morgan fingerprint density at radius 1 is 1.13 bits per heavy atom. The Morgan fingerprint density at radius 2 is 1.93 bits per heavy atom. The zero-order valence-electron chi connectivity index (χ0n) is 7.85. The molecule has 2 N–H and O–H groups in total. The molecule has 0 unspecified atom stereocenters. The number of rotatable bonds is 2. The van der Waals surface area contributed by atoms with Crippen LogP contribution in [0, 0.1) is 0 Å². The van der Waals surface area contributed by atoms with Crippen LogP contribution in [0.4, 0.5) is 5.82 Å². The zero-order chi connectivity index (χ0) is 10.7. The minimum absolute atomic E-state index is 0.460. The molecule has 0 saturated carbocycles. The standard InChI is InChI=1S/C11H9ClN2O/c12-9-3-1-2-4-10(9)15-8-5-6-11(13)14-7-8/h1-7H,(H2,13,14). The normalized spacial score (nSPS) is 9.93. The molecule has 0 atom stereocenters. The molecule has 4 heteroatoms. The number of anilines is 1. The largest absolute Gasteiger partial charge is 0.454 e.